The van der Waals surface area contributed by atoms with Gasteiger partial charge in [-0.15, -0.1) is 0 Å². The molecule has 1 atom stereocenters. The molecule has 0 aliphatic rings. The summed E-state index contributed by atoms with van der Waals surface area (Å²) in [7, 11) is 0. The molecule has 0 aromatic carbocycles. The van der Waals surface area contributed by atoms with E-state index >= 15 is 0 Å². The zero-order valence-corrected chi connectivity index (χ0v) is 12.2. The van der Waals surface area contributed by atoms with Crippen LogP contribution in [0.4, 0.5) is 0 Å². The van der Waals surface area contributed by atoms with Crippen LogP contribution in [-0.4, -0.2) is 15.1 Å². The molecule has 1 heterocycles. The lowest BCUT2D eigenvalue weighted by Gasteiger charge is -2.09. The zero-order chi connectivity index (χ0) is 13.8. The Kier molecular flexibility index (Phi) is 9.25. The Morgan fingerprint density at radius 2 is 1.42 bits per heavy atom. The molecule has 108 valence electrons. The molecule has 1 aromatic rings. The van der Waals surface area contributed by atoms with E-state index in [0.29, 0.717) is 0 Å². The van der Waals surface area contributed by atoms with E-state index in [4.69, 9.17) is 0 Å². The van der Waals surface area contributed by atoms with Crippen molar-refractivity contribution in [3.05, 3.63) is 24.3 Å². The SMILES string of the molecule is CCCCCCCCCCCC(O)c1cncnc1. The van der Waals surface area contributed by atoms with Gasteiger partial charge < -0.3 is 5.11 Å². The monoisotopic (exact) mass is 264 g/mol. The third kappa shape index (κ3) is 7.93. The minimum atomic E-state index is -0.397. The third-order valence-electron chi connectivity index (χ3n) is 3.55. The van der Waals surface area contributed by atoms with E-state index in [1.807, 2.05) is 0 Å². The molecule has 0 aliphatic carbocycles. The van der Waals surface area contributed by atoms with Crippen LogP contribution < -0.4 is 0 Å². The molecule has 0 aliphatic heterocycles. The van der Waals surface area contributed by atoms with E-state index in [2.05, 4.69) is 16.9 Å². The normalized spacial score (nSPS) is 12.5. The first-order valence-corrected chi connectivity index (χ1v) is 7.77. The molecule has 3 nitrogen and oxygen atoms in total. The molecule has 3 heteroatoms. The number of hydrogen-bond donors (Lipinski definition) is 1. The highest BCUT2D eigenvalue weighted by Crippen LogP contribution is 2.18. The molecule has 0 saturated carbocycles. The highest BCUT2D eigenvalue weighted by atomic mass is 16.3. The topological polar surface area (TPSA) is 46.0 Å². The fourth-order valence-corrected chi connectivity index (χ4v) is 2.30. The predicted molar refractivity (Wildman–Crippen MR) is 78.8 cm³/mol. The molecule has 1 unspecified atom stereocenters. The predicted octanol–water partition coefficient (Wildman–Crippen LogP) is 4.43. The summed E-state index contributed by atoms with van der Waals surface area (Å²) in [6.07, 6.45) is 17.1. The van der Waals surface area contributed by atoms with Crippen molar-refractivity contribution in [1.82, 2.24) is 9.97 Å². The van der Waals surface area contributed by atoms with Crippen LogP contribution >= 0.6 is 0 Å². The third-order valence-corrected chi connectivity index (χ3v) is 3.55. The van der Waals surface area contributed by atoms with Crippen molar-refractivity contribution in [3.8, 4) is 0 Å². The van der Waals surface area contributed by atoms with Crippen LogP contribution in [0, 0.1) is 0 Å². The number of aliphatic hydroxyl groups is 1. The summed E-state index contributed by atoms with van der Waals surface area (Å²) in [4.78, 5) is 7.86. The minimum absolute atomic E-state index is 0.397. The molecular weight excluding hydrogens is 236 g/mol. The van der Waals surface area contributed by atoms with Crippen LogP contribution in [0.5, 0.6) is 0 Å². The summed E-state index contributed by atoms with van der Waals surface area (Å²) in [6.45, 7) is 2.25. The fourth-order valence-electron chi connectivity index (χ4n) is 2.30. The van der Waals surface area contributed by atoms with Crippen LogP contribution in [-0.2, 0) is 0 Å². The van der Waals surface area contributed by atoms with Crippen molar-refractivity contribution >= 4 is 0 Å². The number of rotatable bonds is 11. The van der Waals surface area contributed by atoms with E-state index in [0.717, 1.165) is 18.4 Å². The van der Waals surface area contributed by atoms with Crippen molar-refractivity contribution in [2.75, 3.05) is 0 Å². The summed E-state index contributed by atoms with van der Waals surface area (Å²) >= 11 is 0. The Labute approximate surface area is 117 Å². The number of aliphatic hydroxyl groups excluding tert-OH is 1. The van der Waals surface area contributed by atoms with Crippen molar-refractivity contribution in [2.24, 2.45) is 0 Å². The molecule has 1 N–H and O–H groups in total. The molecule has 0 amide bonds. The molecule has 0 bridgehead atoms. The smallest absolute Gasteiger partial charge is 0.115 e. The lowest BCUT2D eigenvalue weighted by molar-refractivity contribution is 0.162. The number of aromatic nitrogens is 2. The summed E-state index contributed by atoms with van der Waals surface area (Å²) in [5, 5.41) is 9.94. The second-order valence-electron chi connectivity index (χ2n) is 5.30. The van der Waals surface area contributed by atoms with Crippen molar-refractivity contribution in [3.63, 3.8) is 0 Å². The largest absolute Gasteiger partial charge is 0.388 e. The highest BCUT2D eigenvalue weighted by Gasteiger charge is 2.06. The number of nitrogens with zero attached hydrogens (tertiary/aromatic N) is 2. The Bertz CT molecular complexity index is 303. The van der Waals surface area contributed by atoms with Gasteiger partial charge >= 0.3 is 0 Å². The van der Waals surface area contributed by atoms with Gasteiger partial charge in [-0.25, -0.2) is 9.97 Å². The molecule has 1 rings (SSSR count). The molecular formula is C16H28N2O. The van der Waals surface area contributed by atoms with Gasteiger partial charge in [0, 0.05) is 18.0 Å². The van der Waals surface area contributed by atoms with Gasteiger partial charge in [0.15, 0.2) is 0 Å². The van der Waals surface area contributed by atoms with E-state index in [-0.39, 0.29) is 0 Å². The van der Waals surface area contributed by atoms with Crippen LogP contribution in [0.25, 0.3) is 0 Å². The van der Waals surface area contributed by atoms with Gasteiger partial charge in [0.2, 0.25) is 0 Å². The lowest BCUT2D eigenvalue weighted by Crippen LogP contribution is -1.98. The van der Waals surface area contributed by atoms with Gasteiger partial charge in [-0.2, -0.15) is 0 Å². The Morgan fingerprint density at radius 1 is 0.895 bits per heavy atom. The van der Waals surface area contributed by atoms with Crippen LogP contribution in [0.15, 0.2) is 18.7 Å². The zero-order valence-electron chi connectivity index (χ0n) is 12.2. The Balaban J connectivity index is 1.93. The molecule has 1 aromatic heterocycles. The number of unbranched alkanes of at least 4 members (excludes halogenated alkanes) is 8. The second-order valence-corrected chi connectivity index (χ2v) is 5.30. The Hall–Kier alpha value is -0.960. The van der Waals surface area contributed by atoms with E-state index < -0.39 is 6.10 Å². The first-order chi connectivity index (χ1) is 9.34. The fraction of sp³-hybridized carbons (Fsp3) is 0.750. The van der Waals surface area contributed by atoms with Crippen molar-refractivity contribution in [1.29, 1.82) is 0 Å². The van der Waals surface area contributed by atoms with Crippen LogP contribution in [0.2, 0.25) is 0 Å². The van der Waals surface area contributed by atoms with Gasteiger partial charge in [0.05, 0.1) is 6.10 Å². The molecule has 19 heavy (non-hydrogen) atoms. The Morgan fingerprint density at radius 3 is 2.00 bits per heavy atom. The van der Waals surface area contributed by atoms with Gasteiger partial charge in [-0.05, 0) is 6.42 Å². The quantitative estimate of drug-likeness (QED) is 0.601. The van der Waals surface area contributed by atoms with E-state index in [9.17, 15) is 5.11 Å². The van der Waals surface area contributed by atoms with Gasteiger partial charge in [-0.3, -0.25) is 0 Å². The van der Waals surface area contributed by atoms with Crippen LogP contribution in [0.1, 0.15) is 82.8 Å². The summed E-state index contributed by atoms with van der Waals surface area (Å²) in [5.74, 6) is 0. The molecule has 0 saturated heterocycles. The summed E-state index contributed by atoms with van der Waals surface area (Å²) < 4.78 is 0. The van der Waals surface area contributed by atoms with E-state index in [1.54, 1.807) is 12.4 Å². The first-order valence-electron chi connectivity index (χ1n) is 7.77. The summed E-state index contributed by atoms with van der Waals surface area (Å²) in [6, 6.07) is 0. The second kappa shape index (κ2) is 10.9. The first kappa shape index (κ1) is 16.1. The average Bonchev–Trinajstić information content (AvgIpc) is 2.46. The molecule has 0 radical (unpaired) electrons. The average molecular weight is 264 g/mol. The van der Waals surface area contributed by atoms with Gasteiger partial charge in [0.1, 0.15) is 6.33 Å². The molecule has 0 fully saturated rings. The van der Waals surface area contributed by atoms with E-state index in [1.165, 1.54) is 57.7 Å². The number of hydrogen-bond acceptors (Lipinski definition) is 3. The van der Waals surface area contributed by atoms with Crippen LogP contribution in [0.3, 0.4) is 0 Å². The lowest BCUT2D eigenvalue weighted by atomic mass is 10.0. The molecule has 0 spiro atoms. The maximum Gasteiger partial charge on any atom is 0.115 e. The summed E-state index contributed by atoms with van der Waals surface area (Å²) in [5.41, 5.74) is 0.835. The maximum absolute atomic E-state index is 9.94. The minimum Gasteiger partial charge on any atom is -0.388 e. The van der Waals surface area contributed by atoms with Gasteiger partial charge in [0.25, 0.3) is 0 Å². The highest BCUT2D eigenvalue weighted by molar-refractivity contribution is 5.05. The van der Waals surface area contributed by atoms with Gasteiger partial charge in [-0.1, -0.05) is 64.7 Å². The van der Waals surface area contributed by atoms with Crippen molar-refractivity contribution in [2.45, 2.75) is 77.2 Å². The maximum atomic E-state index is 9.94. The van der Waals surface area contributed by atoms with Crippen molar-refractivity contribution < 1.29 is 5.11 Å². The standard InChI is InChI=1S/C16H28N2O/c1-2-3-4-5-6-7-8-9-10-11-16(19)15-12-17-14-18-13-15/h12-14,16,19H,2-11H2,1H3.